The van der Waals surface area contributed by atoms with E-state index in [2.05, 4.69) is 368 Å². The third-order valence-electron chi connectivity index (χ3n) is 16.9. The SMILES string of the molecule is c1ccc(N(c2ccccc2)c2ccc3c(c2)c2cc(N(c4ccccc4)c4ccccc4)ccc2n3-c2ccc(-c3ccc(-n4c5ccc(N(c6ccccc6)c6ccccc6)cc5c5cc(N(c6ccccc6)c6ccccc6)ccc54)nc3)cn2)cc1. The Morgan fingerprint density at radius 1 is 0.189 bits per heavy atom. The van der Waals surface area contributed by atoms with Crippen molar-refractivity contribution in [1.82, 2.24) is 19.1 Å². The maximum Gasteiger partial charge on any atom is 0.137 e. The number of hydrogen-bond donors (Lipinski definition) is 0. The molecule has 0 radical (unpaired) electrons. The van der Waals surface area contributed by atoms with Crippen molar-refractivity contribution >= 4 is 112 Å². The van der Waals surface area contributed by atoms with Crippen LogP contribution in [0, 0.1) is 0 Å². The van der Waals surface area contributed by atoms with Gasteiger partial charge < -0.3 is 19.6 Å². The molecule has 4 aromatic heterocycles. The van der Waals surface area contributed by atoms with Gasteiger partial charge in [0.05, 0.1) is 22.1 Å². The van der Waals surface area contributed by atoms with Gasteiger partial charge in [-0.3, -0.25) is 9.13 Å². The van der Waals surface area contributed by atoms with Crippen molar-refractivity contribution < 1.29 is 0 Å². The summed E-state index contributed by atoms with van der Waals surface area (Å²) >= 11 is 0. The molecule has 12 aromatic carbocycles. The van der Waals surface area contributed by atoms with Crippen LogP contribution in [0.25, 0.3) is 66.4 Å². The zero-order valence-corrected chi connectivity index (χ0v) is 49.1. The molecule has 8 heteroatoms. The van der Waals surface area contributed by atoms with Gasteiger partial charge in [0.1, 0.15) is 11.6 Å². The number of rotatable bonds is 15. The molecule has 0 aliphatic rings. The molecule has 4 heterocycles. The number of nitrogens with zero attached hydrogens (tertiary/aromatic N) is 8. The van der Waals surface area contributed by atoms with Gasteiger partial charge in [0.2, 0.25) is 0 Å². The van der Waals surface area contributed by atoms with Crippen LogP contribution in [0.3, 0.4) is 0 Å². The van der Waals surface area contributed by atoms with Gasteiger partial charge in [-0.25, -0.2) is 9.97 Å². The highest BCUT2D eigenvalue weighted by Crippen LogP contribution is 2.45. The van der Waals surface area contributed by atoms with Gasteiger partial charge in [0, 0.05) is 113 Å². The minimum Gasteiger partial charge on any atom is -0.310 e. The first-order valence-electron chi connectivity index (χ1n) is 30.4. The minimum atomic E-state index is 0.815. The Kier molecular flexibility index (Phi) is 13.7. The summed E-state index contributed by atoms with van der Waals surface area (Å²) in [5, 5.41) is 4.44. The lowest BCUT2D eigenvalue weighted by Crippen LogP contribution is -2.09. The first kappa shape index (κ1) is 53.2. The normalized spacial score (nSPS) is 11.3. The van der Waals surface area contributed by atoms with E-state index in [0.29, 0.717) is 0 Å². The predicted molar refractivity (Wildman–Crippen MR) is 375 cm³/mol. The van der Waals surface area contributed by atoms with E-state index in [1.165, 1.54) is 0 Å². The second-order valence-corrected chi connectivity index (χ2v) is 22.3. The lowest BCUT2D eigenvalue weighted by molar-refractivity contribution is 1.07. The monoisotopic (exact) mass is 1150 g/mol. The summed E-state index contributed by atoms with van der Waals surface area (Å²) in [6.45, 7) is 0. The summed E-state index contributed by atoms with van der Waals surface area (Å²) in [6, 6.07) is 121. The van der Waals surface area contributed by atoms with E-state index in [9.17, 15) is 0 Å². The molecule has 0 aliphatic carbocycles. The Balaban J connectivity index is 0.803. The van der Waals surface area contributed by atoms with E-state index in [1.54, 1.807) is 0 Å². The van der Waals surface area contributed by atoms with Crippen molar-refractivity contribution in [2.24, 2.45) is 0 Å². The van der Waals surface area contributed by atoms with Crippen LogP contribution in [0.15, 0.2) is 352 Å². The van der Waals surface area contributed by atoms with E-state index < -0.39 is 0 Å². The molecule has 0 aliphatic heterocycles. The van der Waals surface area contributed by atoms with Crippen LogP contribution in [0.2, 0.25) is 0 Å². The summed E-state index contributed by atoms with van der Waals surface area (Å²) in [7, 11) is 0. The summed E-state index contributed by atoms with van der Waals surface area (Å²) in [5.41, 5.74) is 19.0. The maximum absolute atomic E-state index is 5.29. The van der Waals surface area contributed by atoms with E-state index >= 15 is 0 Å². The molecule has 0 bridgehead atoms. The van der Waals surface area contributed by atoms with E-state index in [-0.39, 0.29) is 0 Å². The molecular weight excluding hydrogens is 1100 g/mol. The highest BCUT2D eigenvalue weighted by molar-refractivity contribution is 6.13. The molecule has 16 aromatic rings. The van der Waals surface area contributed by atoms with Crippen molar-refractivity contribution in [3.63, 3.8) is 0 Å². The van der Waals surface area contributed by atoms with Crippen molar-refractivity contribution in [3.8, 4) is 22.8 Å². The van der Waals surface area contributed by atoms with Gasteiger partial charge in [-0.15, -0.1) is 0 Å². The Hall–Kier alpha value is -12.3. The van der Waals surface area contributed by atoms with Crippen LogP contribution in [0.4, 0.5) is 68.2 Å². The Labute approximate surface area is 522 Å². The molecule has 0 fully saturated rings. The molecule has 16 rings (SSSR count). The fourth-order valence-electron chi connectivity index (χ4n) is 12.8. The lowest BCUT2D eigenvalue weighted by atomic mass is 10.1. The fourth-order valence-corrected chi connectivity index (χ4v) is 12.8. The Morgan fingerprint density at radius 3 is 0.567 bits per heavy atom. The number of pyridine rings is 2. The minimum absolute atomic E-state index is 0.815. The highest BCUT2D eigenvalue weighted by Gasteiger charge is 2.23. The molecule has 0 unspecified atom stereocenters. The van der Waals surface area contributed by atoms with Gasteiger partial charge in [0.15, 0.2) is 0 Å². The molecule has 0 saturated heterocycles. The molecule has 90 heavy (non-hydrogen) atoms. The largest absolute Gasteiger partial charge is 0.310 e. The van der Waals surface area contributed by atoms with Crippen LogP contribution >= 0.6 is 0 Å². The summed E-state index contributed by atoms with van der Waals surface area (Å²) < 4.78 is 4.59. The second-order valence-electron chi connectivity index (χ2n) is 22.3. The number of para-hydroxylation sites is 8. The maximum atomic E-state index is 5.29. The first-order chi connectivity index (χ1) is 44.7. The molecule has 0 atom stereocenters. The van der Waals surface area contributed by atoms with E-state index in [1.807, 2.05) is 12.4 Å². The second kappa shape index (κ2) is 23.2. The van der Waals surface area contributed by atoms with Crippen LogP contribution < -0.4 is 19.6 Å². The van der Waals surface area contributed by atoms with Crippen molar-refractivity contribution in [3.05, 3.63) is 352 Å². The van der Waals surface area contributed by atoms with Gasteiger partial charge in [-0.2, -0.15) is 0 Å². The van der Waals surface area contributed by atoms with Gasteiger partial charge in [0.25, 0.3) is 0 Å². The third-order valence-corrected chi connectivity index (χ3v) is 16.9. The van der Waals surface area contributed by atoms with Crippen LogP contribution in [0.1, 0.15) is 0 Å². The van der Waals surface area contributed by atoms with Crippen molar-refractivity contribution in [2.75, 3.05) is 19.6 Å². The average molecular weight is 1160 g/mol. The standard InChI is InChI=1S/C82H58N8/c1-9-25-61(26-10-1)85(62-27-11-2-12-28-62)69-43-47-77-73(53-69)74-54-70(86(63-29-13-3-14-30-63)64-31-15-4-16-32-64)44-48-78(74)89(77)81-51-41-59(57-83-81)60-42-52-82(84-58-60)90-79-49-45-71(87(65-33-17-5-18-34-65)66-35-19-6-20-36-66)55-75(79)76-56-72(46-50-80(76)90)88(67-37-21-7-22-38-67)68-39-23-8-24-40-68/h1-58H. The van der Waals surface area contributed by atoms with Crippen LogP contribution in [-0.2, 0) is 0 Å². The van der Waals surface area contributed by atoms with E-state index in [4.69, 9.17) is 9.97 Å². The van der Waals surface area contributed by atoms with Gasteiger partial charge in [-0.1, -0.05) is 146 Å². The Morgan fingerprint density at radius 2 is 0.389 bits per heavy atom. The van der Waals surface area contributed by atoms with Gasteiger partial charge >= 0.3 is 0 Å². The topological polar surface area (TPSA) is 48.6 Å². The summed E-state index contributed by atoms with van der Waals surface area (Å²) in [6.07, 6.45) is 3.96. The number of anilines is 12. The summed E-state index contributed by atoms with van der Waals surface area (Å²) in [5.74, 6) is 1.63. The Bertz CT molecular complexity index is 4380. The summed E-state index contributed by atoms with van der Waals surface area (Å²) in [4.78, 5) is 19.9. The highest BCUT2D eigenvalue weighted by atomic mass is 15.2. The lowest BCUT2D eigenvalue weighted by Gasteiger charge is -2.26. The van der Waals surface area contributed by atoms with Crippen molar-refractivity contribution in [2.45, 2.75) is 0 Å². The molecule has 0 amide bonds. The number of benzene rings is 12. The zero-order chi connectivity index (χ0) is 59.7. The number of fused-ring (bicyclic) bond motifs is 6. The van der Waals surface area contributed by atoms with E-state index in [0.717, 1.165) is 135 Å². The van der Waals surface area contributed by atoms with Crippen molar-refractivity contribution in [1.29, 1.82) is 0 Å². The third kappa shape index (κ3) is 9.80. The van der Waals surface area contributed by atoms with Gasteiger partial charge in [-0.05, 0) is 194 Å². The predicted octanol–water partition coefficient (Wildman–Crippen LogP) is 22.2. The average Bonchev–Trinajstić information content (AvgIpc) is 1.68. The van der Waals surface area contributed by atoms with Crippen LogP contribution in [-0.4, -0.2) is 19.1 Å². The smallest absolute Gasteiger partial charge is 0.137 e. The molecular formula is C82H58N8. The molecule has 0 saturated carbocycles. The molecule has 426 valence electrons. The molecule has 0 N–H and O–H groups in total. The van der Waals surface area contributed by atoms with Crippen LogP contribution in [0.5, 0.6) is 0 Å². The molecule has 0 spiro atoms. The molecule has 8 nitrogen and oxygen atoms in total. The zero-order valence-electron chi connectivity index (χ0n) is 49.1. The fraction of sp³-hybridized carbons (Fsp3) is 0. The number of aromatic nitrogens is 4. The number of hydrogen-bond acceptors (Lipinski definition) is 6. The quantitative estimate of drug-likeness (QED) is 0.102. The first-order valence-corrected chi connectivity index (χ1v) is 30.4.